The van der Waals surface area contributed by atoms with Gasteiger partial charge in [-0.1, -0.05) is 0 Å². The molecule has 0 spiro atoms. The SMILES string of the molecule is Cc1cc(C(C)NC(=O)CC2CC3CCC(C2)N3)c(C)o1. The van der Waals surface area contributed by atoms with E-state index in [1.165, 1.54) is 12.8 Å². The number of rotatable bonds is 4. The zero-order chi connectivity index (χ0) is 15.0. The van der Waals surface area contributed by atoms with Crippen LogP contribution in [0.3, 0.4) is 0 Å². The predicted molar refractivity (Wildman–Crippen MR) is 82.0 cm³/mol. The third-order valence-corrected chi connectivity index (χ3v) is 4.97. The number of piperidine rings is 1. The summed E-state index contributed by atoms with van der Waals surface area (Å²) in [5, 5.41) is 6.75. The number of furan rings is 1. The smallest absolute Gasteiger partial charge is 0.220 e. The highest BCUT2D eigenvalue weighted by molar-refractivity contribution is 5.76. The van der Waals surface area contributed by atoms with Gasteiger partial charge in [-0.05, 0) is 58.4 Å². The average molecular weight is 290 g/mol. The van der Waals surface area contributed by atoms with Gasteiger partial charge in [0.1, 0.15) is 11.5 Å². The highest BCUT2D eigenvalue weighted by Crippen LogP contribution is 2.32. The van der Waals surface area contributed by atoms with Crippen LogP contribution in [0.4, 0.5) is 0 Å². The highest BCUT2D eigenvalue weighted by atomic mass is 16.3. The molecule has 3 rings (SSSR count). The Morgan fingerprint density at radius 1 is 1.38 bits per heavy atom. The summed E-state index contributed by atoms with van der Waals surface area (Å²) in [5.41, 5.74) is 1.09. The van der Waals surface area contributed by atoms with Gasteiger partial charge in [-0.15, -0.1) is 0 Å². The lowest BCUT2D eigenvalue weighted by Gasteiger charge is -2.29. The van der Waals surface area contributed by atoms with Gasteiger partial charge >= 0.3 is 0 Å². The molecule has 3 atom stereocenters. The van der Waals surface area contributed by atoms with E-state index in [0.29, 0.717) is 24.4 Å². The zero-order valence-corrected chi connectivity index (χ0v) is 13.2. The molecule has 2 aliphatic rings. The minimum atomic E-state index is 0.0217. The normalized spacial score (nSPS) is 29.4. The van der Waals surface area contributed by atoms with Crippen molar-refractivity contribution in [2.45, 2.75) is 71.0 Å². The molecule has 2 fully saturated rings. The maximum absolute atomic E-state index is 12.3. The molecular formula is C17H26N2O2. The summed E-state index contributed by atoms with van der Waals surface area (Å²) in [4.78, 5) is 12.3. The first-order chi connectivity index (χ1) is 10.0. The first kappa shape index (κ1) is 14.6. The maximum Gasteiger partial charge on any atom is 0.220 e. The Bertz CT molecular complexity index is 511. The van der Waals surface area contributed by atoms with Crippen molar-refractivity contribution in [1.29, 1.82) is 0 Å². The summed E-state index contributed by atoms with van der Waals surface area (Å²) in [6.45, 7) is 5.92. The summed E-state index contributed by atoms with van der Waals surface area (Å²) >= 11 is 0. The molecule has 2 aliphatic heterocycles. The number of hydrogen-bond donors (Lipinski definition) is 2. The number of nitrogens with one attached hydrogen (secondary N) is 2. The lowest BCUT2D eigenvalue weighted by Crippen LogP contribution is -2.40. The van der Waals surface area contributed by atoms with Crippen LogP contribution >= 0.6 is 0 Å². The number of amides is 1. The molecular weight excluding hydrogens is 264 g/mol. The van der Waals surface area contributed by atoms with Crippen molar-refractivity contribution in [1.82, 2.24) is 10.6 Å². The molecule has 3 unspecified atom stereocenters. The van der Waals surface area contributed by atoms with Gasteiger partial charge in [-0.3, -0.25) is 4.79 Å². The molecule has 0 aromatic carbocycles. The summed E-state index contributed by atoms with van der Waals surface area (Å²) in [5.74, 6) is 2.52. The van der Waals surface area contributed by atoms with Crippen molar-refractivity contribution in [3.63, 3.8) is 0 Å². The van der Waals surface area contributed by atoms with Crippen LogP contribution in [0, 0.1) is 19.8 Å². The van der Waals surface area contributed by atoms with E-state index >= 15 is 0 Å². The number of carbonyl (C=O) groups excluding carboxylic acids is 1. The Kier molecular flexibility index (Phi) is 4.07. The lowest BCUT2D eigenvalue weighted by atomic mass is 9.89. The first-order valence-corrected chi connectivity index (χ1v) is 8.13. The summed E-state index contributed by atoms with van der Waals surface area (Å²) in [6, 6.07) is 3.34. The molecule has 4 nitrogen and oxygen atoms in total. The van der Waals surface area contributed by atoms with E-state index in [9.17, 15) is 4.79 Å². The maximum atomic E-state index is 12.3. The molecule has 116 valence electrons. The largest absolute Gasteiger partial charge is 0.466 e. The fourth-order valence-electron chi connectivity index (χ4n) is 4.06. The second-order valence-electron chi connectivity index (χ2n) is 6.84. The van der Waals surface area contributed by atoms with Crippen LogP contribution in [-0.4, -0.2) is 18.0 Å². The van der Waals surface area contributed by atoms with Gasteiger partial charge in [-0.25, -0.2) is 0 Å². The van der Waals surface area contributed by atoms with Crippen LogP contribution in [0.2, 0.25) is 0 Å². The monoisotopic (exact) mass is 290 g/mol. The standard InChI is InChI=1S/C17H26N2O2/c1-10-6-16(12(3)21-10)11(2)18-17(20)9-13-7-14-4-5-15(8-13)19-14/h6,11,13-15,19H,4-5,7-9H2,1-3H3,(H,18,20). The van der Waals surface area contributed by atoms with Gasteiger partial charge in [0.05, 0.1) is 6.04 Å². The summed E-state index contributed by atoms with van der Waals surface area (Å²) in [7, 11) is 0. The summed E-state index contributed by atoms with van der Waals surface area (Å²) in [6.07, 6.45) is 5.54. The van der Waals surface area contributed by atoms with Crippen LogP contribution in [-0.2, 0) is 4.79 Å². The van der Waals surface area contributed by atoms with Gasteiger partial charge < -0.3 is 15.1 Å². The van der Waals surface area contributed by atoms with Crippen molar-refractivity contribution in [3.05, 3.63) is 23.2 Å². The molecule has 1 amide bonds. The number of carbonyl (C=O) groups is 1. The fourth-order valence-corrected chi connectivity index (χ4v) is 4.06. The third-order valence-electron chi connectivity index (χ3n) is 4.97. The van der Waals surface area contributed by atoms with Crippen LogP contribution in [0.25, 0.3) is 0 Å². The Morgan fingerprint density at radius 2 is 2.05 bits per heavy atom. The van der Waals surface area contributed by atoms with Gasteiger partial charge in [-0.2, -0.15) is 0 Å². The first-order valence-electron chi connectivity index (χ1n) is 8.13. The van der Waals surface area contributed by atoms with Crippen LogP contribution in [0.1, 0.15) is 62.2 Å². The van der Waals surface area contributed by atoms with Crippen molar-refractivity contribution in [2.24, 2.45) is 5.92 Å². The lowest BCUT2D eigenvalue weighted by molar-refractivity contribution is -0.122. The average Bonchev–Trinajstić information content (AvgIpc) is 2.91. The molecule has 21 heavy (non-hydrogen) atoms. The Labute approximate surface area is 126 Å². The van der Waals surface area contributed by atoms with E-state index in [0.717, 1.165) is 29.9 Å². The van der Waals surface area contributed by atoms with Crippen molar-refractivity contribution in [3.8, 4) is 0 Å². The Morgan fingerprint density at radius 3 is 2.62 bits per heavy atom. The van der Waals surface area contributed by atoms with E-state index in [1.807, 2.05) is 26.8 Å². The number of fused-ring (bicyclic) bond motifs is 2. The second-order valence-corrected chi connectivity index (χ2v) is 6.84. The van der Waals surface area contributed by atoms with Crippen LogP contribution in [0.5, 0.6) is 0 Å². The number of hydrogen-bond acceptors (Lipinski definition) is 3. The van der Waals surface area contributed by atoms with Gasteiger partial charge in [0, 0.05) is 24.1 Å². The zero-order valence-electron chi connectivity index (χ0n) is 13.2. The molecule has 3 heterocycles. The fraction of sp³-hybridized carbons (Fsp3) is 0.706. The van der Waals surface area contributed by atoms with Gasteiger partial charge in [0.15, 0.2) is 0 Å². The topological polar surface area (TPSA) is 54.3 Å². The molecule has 0 saturated carbocycles. The van der Waals surface area contributed by atoms with E-state index in [4.69, 9.17) is 4.42 Å². The minimum Gasteiger partial charge on any atom is -0.466 e. The molecule has 0 radical (unpaired) electrons. The Hall–Kier alpha value is -1.29. The van der Waals surface area contributed by atoms with E-state index < -0.39 is 0 Å². The molecule has 1 aromatic rings. The predicted octanol–water partition coefficient (Wildman–Crippen LogP) is 2.99. The van der Waals surface area contributed by atoms with Crippen molar-refractivity contribution in [2.75, 3.05) is 0 Å². The van der Waals surface area contributed by atoms with E-state index in [-0.39, 0.29) is 11.9 Å². The van der Waals surface area contributed by atoms with Crippen LogP contribution in [0.15, 0.2) is 10.5 Å². The van der Waals surface area contributed by atoms with Crippen molar-refractivity contribution >= 4 is 5.91 Å². The quantitative estimate of drug-likeness (QED) is 0.896. The highest BCUT2D eigenvalue weighted by Gasteiger charge is 2.34. The van der Waals surface area contributed by atoms with Gasteiger partial charge in [0.25, 0.3) is 0 Å². The molecule has 2 bridgehead atoms. The van der Waals surface area contributed by atoms with Gasteiger partial charge in [0.2, 0.25) is 5.91 Å². The Balaban J connectivity index is 1.53. The molecule has 2 saturated heterocycles. The number of aryl methyl sites for hydroxylation is 2. The minimum absolute atomic E-state index is 0.0217. The van der Waals surface area contributed by atoms with E-state index in [2.05, 4.69) is 10.6 Å². The molecule has 2 N–H and O–H groups in total. The third kappa shape index (κ3) is 3.31. The van der Waals surface area contributed by atoms with Crippen LogP contribution < -0.4 is 10.6 Å². The molecule has 1 aromatic heterocycles. The molecule has 4 heteroatoms. The second kappa shape index (κ2) is 5.84. The van der Waals surface area contributed by atoms with E-state index in [1.54, 1.807) is 0 Å². The van der Waals surface area contributed by atoms with Crippen molar-refractivity contribution < 1.29 is 9.21 Å². The summed E-state index contributed by atoms with van der Waals surface area (Å²) < 4.78 is 5.54. The molecule has 0 aliphatic carbocycles.